The number of pyridine rings is 1. The summed E-state index contributed by atoms with van der Waals surface area (Å²) >= 11 is 0. The molecule has 9 rings (SSSR count). The second kappa shape index (κ2) is 14.3. The van der Waals surface area contributed by atoms with Crippen LogP contribution in [0.4, 0.5) is 24.8 Å². The van der Waals surface area contributed by atoms with Crippen LogP contribution in [-0.4, -0.2) is 123 Å². The third kappa shape index (κ3) is 6.69. The predicted molar refractivity (Wildman–Crippen MR) is 210 cm³/mol. The zero-order valence-electron chi connectivity index (χ0n) is 32.1. The van der Waals surface area contributed by atoms with E-state index in [9.17, 15) is 17.6 Å². The van der Waals surface area contributed by atoms with Crippen molar-refractivity contribution in [1.29, 1.82) is 0 Å². The molecule has 0 saturated carbocycles. The molecule has 0 radical (unpaired) electrons. The minimum absolute atomic E-state index is 0.0469. The van der Waals surface area contributed by atoms with Gasteiger partial charge in [0.05, 0.1) is 47.2 Å². The predicted octanol–water partition coefficient (Wildman–Crippen LogP) is 4.25. The maximum absolute atomic E-state index is 15.3. The molecule has 4 bridgehead atoms. The fourth-order valence-electron chi connectivity index (χ4n) is 8.49. The topological polar surface area (TPSA) is 156 Å². The van der Waals surface area contributed by atoms with Crippen LogP contribution >= 0.6 is 0 Å². The lowest BCUT2D eigenvalue weighted by Gasteiger charge is -2.31. The van der Waals surface area contributed by atoms with Crippen LogP contribution in [0.25, 0.3) is 39.0 Å². The van der Waals surface area contributed by atoms with E-state index in [1.165, 1.54) is 33.4 Å². The maximum Gasteiger partial charge on any atom is 0.245 e. The monoisotopic (exact) mass is 815 g/mol. The second-order valence-corrected chi connectivity index (χ2v) is 17.2. The van der Waals surface area contributed by atoms with Crippen molar-refractivity contribution in [1.82, 2.24) is 43.5 Å². The number of carbonyl (C=O) groups excluding carboxylic acids is 1. The third-order valence-electron chi connectivity index (χ3n) is 11.4. The van der Waals surface area contributed by atoms with E-state index >= 15 is 8.78 Å². The van der Waals surface area contributed by atoms with Crippen LogP contribution in [-0.2, 0) is 26.1 Å². The van der Waals surface area contributed by atoms with Crippen LogP contribution in [0.3, 0.4) is 0 Å². The molecule has 1 N–H and O–H groups in total. The number of hydrogen-bond donors (Lipinski definition) is 1. The van der Waals surface area contributed by atoms with Gasteiger partial charge in [-0.2, -0.15) is 5.10 Å². The van der Waals surface area contributed by atoms with Gasteiger partial charge in [0.25, 0.3) is 0 Å². The molecule has 1 unspecified atom stereocenters. The van der Waals surface area contributed by atoms with E-state index in [0.29, 0.717) is 70.3 Å². The number of aromatic nitrogens is 7. The van der Waals surface area contributed by atoms with Gasteiger partial charge in [0.15, 0.2) is 11.5 Å². The first-order valence-electron chi connectivity index (χ1n) is 18.9. The number of imidazole rings is 1. The number of likely N-dealkylation sites (N-methyl/N-ethyl adjacent to an activating group) is 1. The van der Waals surface area contributed by atoms with Crippen molar-refractivity contribution in [2.75, 3.05) is 56.8 Å². The first kappa shape index (κ1) is 37.9. The number of hydrogen-bond acceptors (Lipinski definition) is 11. The van der Waals surface area contributed by atoms with Crippen LogP contribution in [0, 0.1) is 24.4 Å². The smallest absolute Gasteiger partial charge is 0.245 e. The highest BCUT2D eigenvalue weighted by Crippen LogP contribution is 2.37. The van der Waals surface area contributed by atoms with Crippen LogP contribution in [0.5, 0.6) is 0 Å². The third-order valence-corrected chi connectivity index (χ3v) is 12.6. The Hall–Kier alpha value is -5.66. The Labute approximate surface area is 331 Å². The van der Waals surface area contributed by atoms with E-state index in [0.717, 1.165) is 18.4 Å². The first-order chi connectivity index (χ1) is 27.7. The Morgan fingerprint density at radius 1 is 0.948 bits per heavy atom. The standard InChI is InChI=1S/C39H40F3N11O4S/c1-21-44-31-14-24(41)12-27-30-6-5-7-34(46-30)45-25-15-33(39(54)49(2)19-26(57-3)20-51(21)35(27)31)52(18-25)37-28-16-43-53(32-9-8-23(40)13-29(32)42)38(28)48-36(47-37)22-10-11-50(17-22)58(4,55)56/h5-9,12-14,16,22,25-26,33H,10-11,15,17-20H2,1-4H3,(H,45,46)/t22?,25-,26-,33-/m0/s1. The van der Waals surface area contributed by atoms with Gasteiger partial charge in [-0.15, -0.1) is 0 Å². The molecule has 19 heteroatoms. The minimum Gasteiger partial charge on any atom is -0.378 e. The van der Waals surface area contributed by atoms with E-state index in [1.807, 2.05) is 34.6 Å². The van der Waals surface area contributed by atoms with Crippen molar-refractivity contribution in [2.45, 2.75) is 50.4 Å². The molecule has 0 aliphatic carbocycles. The summed E-state index contributed by atoms with van der Waals surface area (Å²) in [4.78, 5) is 37.7. The first-order valence-corrected chi connectivity index (χ1v) is 20.7. The summed E-state index contributed by atoms with van der Waals surface area (Å²) in [6, 6.07) is 10.3. The number of anilines is 2. The lowest BCUT2D eigenvalue weighted by atomic mass is 10.1. The number of sulfonamides is 1. The molecule has 15 nitrogen and oxygen atoms in total. The quantitative estimate of drug-likeness (QED) is 0.266. The zero-order chi connectivity index (χ0) is 40.6. The number of rotatable bonds is 5. The number of benzene rings is 2. The molecular weight excluding hydrogens is 776 g/mol. The molecule has 1 amide bonds. The van der Waals surface area contributed by atoms with Gasteiger partial charge < -0.3 is 24.4 Å². The van der Waals surface area contributed by atoms with Crippen molar-refractivity contribution < 1.29 is 31.1 Å². The summed E-state index contributed by atoms with van der Waals surface area (Å²) in [7, 11) is -0.216. The van der Waals surface area contributed by atoms with Gasteiger partial charge in [-0.25, -0.2) is 50.5 Å². The SMILES string of the molecule is CO[C@H]1CN(C)C(=O)[C@@H]2C[C@@H](CN2c2nc(C3CCN(S(C)(=O)=O)C3)nc3c2cnn3-c2ccc(F)cc2F)Nc2cccc(n2)-c2cc(F)cc3nc(C)n(c23)C1. The van der Waals surface area contributed by atoms with Crippen molar-refractivity contribution in [2.24, 2.45) is 0 Å². The molecule has 4 atom stereocenters. The molecular formula is C39H40F3N11O4S. The molecule has 58 heavy (non-hydrogen) atoms. The number of amides is 1. The Morgan fingerprint density at radius 2 is 1.78 bits per heavy atom. The van der Waals surface area contributed by atoms with Crippen LogP contribution < -0.4 is 10.2 Å². The van der Waals surface area contributed by atoms with Crippen molar-refractivity contribution in [3.63, 3.8) is 0 Å². The fourth-order valence-corrected chi connectivity index (χ4v) is 9.38. The number of fused-ring (bicyclic) bond motifs is 6. The minimum atomic E-state index is -3.51. The summed E-state index contributed by atoms with van der Waals surface area (Å²) in [5.74, 6) is -0.882. The van der Waals surface area contributed by atoms with Gasteiger partial charge in [-0.3, -0.25) is 4.79 Å². The van der Waals surface area contributed by atoms with Crippen LogP contribution in [0.15, 0.2) is 54.7 Å². The van der Waals surface area contributed by atoms with Gasteiger partial charge in [0.1, 0.15) is 46.6 Å². The van der Waals surface area contributed by atoms with E-state index in [4.69, 9.17) is 19.7 Å². The van der Waals surface area contributed by atoms with E-state index in [-0.39, 0.29) is 49.5 Å². The zero-order valence-corrected chi connectivity index (χ0v) is 32.9. The summed E-state index contributed by atoms with van der Waals surface area (Å²) in [6.45, 7) is 3.02. The fraction of sp³-hybridized carbons (Fsp3) is 0.385. The average Bonchev–Trinajstić information content (AvgIpc) is 3.99. The summed E-state index contributed by atoms with van der Waals surface area (Å²) < 4.78 is 80.0. The molecule has 6 aromatic rings. The highest BCUT2D eigenvalue weighted by atomic mass is 32.2. The number of aryl methyl sites for hydroxylation is 1. The number of nitrogens with zero attached hydrogens (tertiary/aromatic N) is 10. The number of ether oxygens (including phenoxy) is 1. The van der Waals surface area contributed by atoms with Crippen molar-refractivity contribution in [3.05, 3.63) is 83.8 Å². The Bertz CT molecular complexity index is 2730. The maximum atomic E-state index is 15.3. The van der Waals surface area contributed by atoms with E-state index in [1.54, 1.807) is 19.1 Å². The highest BCUT2D eigenvalue weighted by Gasteiger charge is 2.42. The highest BCUT2D eigenvalue weighted by molar-refractivity contribution is 7.88. The number of carbonyl (C=O) groups is 1. The van der Waals surface area contributed by atoms with Gasteiger partial charge in [0, 0.05) is 70.0 Å². The average molecular weight is 816 g/mol. The van der Waals surface area contributed by atoms with Gasteiger partial charge >= 0.3 is 0 Å². The Kier molecular flexibility index (Phi) is 9.35. The molecule has 0 spiro atoms. The van der Waals surface area contributed by atoms with Gasteiger partial charge in [0.2, 0.25) is 15.9 Å². The van der Waals surface area contributed by atoms with E-state index in [2.05, 4.69) is 15.4 Å². The van der Waals surface area contributed by atoms with Crippen molar-refractivity contribution >= 4 is 49.6 Å². The number of nitrogens with one attached hydrogen (secondary N) is 1. The van der Waals surface area contributed by atoms with Crippen molar-refractivity contribution in [3.8, 4) is 16.9 Å². The lowest BCUT2D eigenvalue weighted by molar-refractivity contribution is -0.132. The Morgan fingerprint density at radius 3 is 2.53 bits per heavy atom. The molecule has 3 aliphatic heterocycles. The largest absolute Gasteiger partial charge is 0.378 e. The molecule has 2 saturated heterocycles. The Balaban J connectivity index is 1.18. The molecule has 3 aliphatic rings. The molecule has 4 aromatic heterocycles. The number of methoxy groups -OCH3 is 1. The molecule has 302 valence electrons. The van der Waals surface area contributed by atoms with E-state index < -0.39 is 45.5 Å². The van der Waals surface area contributed by atoms with Gasteiger partial charge in [-0.1, -0.05) is 6.07 Å². The summed E-state index contributed by atoms with van der Waals surface area (Å²) in [6.07, 6.45) is 2.91. The summed E-state index contributed by atoms with van der Waals surface area (Å²) in [5.41, 5.74) is 2.44. The molecule has 2 fully saturated rings. The second-order valence-electron chi connectivity index (χ2n) is 15.2. The van der Waals surface area contributed by atoms with Crippen LogP contribution in [0.1, 0.15) is 30.4 Å². The number of halogens is 3. The lowest BCUT2D eigenvalue weighted by Crippen LogP contribution is -2.47. The summed E-state index contributed by atoms with van der Waals surface area (Å²) in [5, 5.41) is 8.40. The van der Waals surface area contributed by atoms with Crippen LogP contribution in [0.2, 0.25) is 0 Å². The normalized spacial score (nSPS) is 21.8. The molecule has 7 heterocycles. The van der Waals surface area contributed by atoms with Gasteiger partial charge in [-0.05, 0) is 50.1 Å². The molecule has 2 aromatic carbocycles.